The smallest absolute Gasteiger partial charge is 0.230 e. The minimum Gasteiger partial charge on any atom is -0.508 e. The van der Waals surface area contributed by atoms with E-state index in [0.717, 1.165) is 5.56 Å². The number of ketones is 2. The number of aliphatic hydroxyl groups is 3. The Morgan fingerprint density at radius 1 is 1.18 bits per heavy atom. The standard InChI is InChI=1S/C29H32N2O8/c1-4-39-15-7-5-6-13(10-15)16-8-9-19(32)21-17(16)11-14-12-18-23(31(2)3)25(34)22(28(30)37)27(36)29(18,38)26(35)20(14)24(21)33/h5-10,14,18,22-23,25,32,34-35,38H,4,11-12H2,1-3H3,(H2,30,37)/t14-,18-,22?,23-,25?,29-/m0/s1. The lowest BCUT2D eigenvalue weighted by molar-refractivity contribution is -0.178. The predicted molar refractivity (Wildman–Crippen MR) is 140 cm³/mol. The number of hydrogen-bond donors (Lipinski definition) is 5. The molecule has 2 aromatic carbocycles. The highest BCUT2D eigenvalue weighted by molar-refractivity contribution is 6.16. The molecule has 0 aliphatic heterocycles. The van der Waals surface area contributed by atoms with Gasteiger partial charge in [-0.3, -0.25) is 14.4 Å². The molecule has 6 atom stereocenters. The zero-order valence-electron chi connectivity index (χ0n) is 21.9. The van der Waals surface area contributed by atoms with Crippen molar-refractivity contribution in [3.05, 3.63) is 58.9 Å². The van der Waals surface area contributed by atoms with Gasteiger partial charge in [0.1, 0.15) is 23.2 Å². The van der Waals surface area contributed by atoms with Crippen molar-refractivity contribution in [1.82, 2.24) is 4.90 Å². The van der Waals surface area contributed by atoms with Crippen molar-refractivity contribution in [3.63, 3.8) is 0 Å². The van der Waals surface area contributed by atoms with Crippen molar-refractivity contribution in [3.8, 4) is 22.6 Å². The number of ether oxygens (including phenoxy) is 1. The maximum atomic E-state index is 13.9. The van der Waals surface area contributed by atoms with E-state index in [2.05, 4.69) is 0 Å². The number of phenolic OH excluding ortho intramolecular Hbond substituents is 1. The summed E-state index contributed by atoms with van der Waals surface area (Å²) in [5.41, 5.74) is 4.66. The Bertz CT molecular complexity index is 1420. The number of phenols is 1. The van der Waals surface area contributed by atoms with E-state index in [4.69, 9.17) is 10.5 Å². The third kappa shape index (κ3) is 3.85. The van der Waals surface area contributed by atoms with Gasteiger partial charge in [0.05, 0.1) is 18.3 Å². The van der Waals surface area contributed by atoms with Gasteiger partial charge in [-0.15, -0.1) is 0 Å². The SMILES string of the molecule is CCOc1cccc(-c2ccc(O)c3c2C[C@H]2C[C@H]4[C@H](N(C)C)C(O)C(C(N)=O)C(=O)[C@@]4(O)C(O)=C2C3=O)c1. The normalized spacial score (nSPS) is 30.1. The average molecular weight is 537 g/mol. The highest BCUT2D eigenvalue weighted by atomic mass is 16.5. The van der Waals surface area contributed by atoms with Crippen LogP contribution < -0.4 is 10.5 Å². The topological polar surface area (TPSA) is 171 Å². The first kappa shape index (κ1) is 26.9. The molecule has 2 aromatic rings. The lowest BCUT2D eigenvalue weighted by atomic mass is 9.55. The minimum atomic E-state index is -2.61. The molecular weight excluding hydrogens is 504 g/mol. The lowest BCUT2D eigenvalue weighted by Gasteiger charge is -2.53. The van der Waals surface area contributed by atoms with Crippen LogP contribution in [0.3, 0.4) is 0 Å². The maximum Gasteiger partial charge on any atom is 0.230 e. The van der Waals surface area contributed by atoms with Crippen LogP contribution in [0.5, 0.6) is 11.5 Å². The molecule has 39 heavy (non-hydrogen) atoms. The van der Waals surface area contributed by atoms with Crippen LogP contribution in [0.15, 0.2) is 47.7 Å². The monoisotopic (exact) mass is 536 g/mol. The van der Waals surface area contributed by atoms with Crippen molar-refractivity contribution in [2.24, 2.45) is 23.5 Å². The number of nitrogens with zero attached hydrogens (tertiary/aromatic N) is 1. The number of amides is 1. The number of fused-ring (bicyclic) bond motifs is 3. The first-order chi connectivity index (χ1) is 18.4. The van der Waals surface area contributed by atoms with E-state index < -0.39 is 58.7 Å². The molecule has 1 fully saturated rings. The number of carbonyl (C=O) groups excluding carboxylic acids is 3. The molecule has 3 aliphatic carbocycles. The molecule has 0 spiro atoms. The van der Waals surface area contributed by atoms with Gasteiger partial charge in [-0.05, 0) is 74.7 Å². The summed E-state index contributed by atoms with van der Waals surface area (Å²) < 4.78 is 5.63. The fraction of sp³-hybridized carbons (Fsp3) is 0.414. The Kier molecular flexibility index (Phi) is 6.53. The molecule has 1 saturated carbocycles. The van der Waals surface area contributed by atoms with E-state index in [1.54, 1.807) is 25.1 Å². The van der Waals surface area contributed by atoms with Gasteiger partial charge in [-0.25, -0.2) is 0 Å². The molecule has 206 valence electrons. The molecule has 0 heterocycles. The second kappa shape index (κ2) is 9.48. The molecule has 6 N–H and O–H groups in total. The average Bonchev–Trinajstić information content (AvgIpc) is 2.86. The number of benzene rings is 2. The van der Waals surface area contributed by atoms with Gasteiger partial charge in [0.2, 0.25) is 5.91 Å². The Morgan fingerprint density at radius 3 is 2.54 bits per heavy atom. The lowest BCUT2D eigenvalue weighted by Crippen LogP contribution is -2.71. The molecule has 1 amide bonds. The number of allylic oxidation sites excluding steroid dienone is 1. The number of primary amides is 1. The van der Waals surface area contributed by atoms with Gasteiger partial charge < -0.3 is 35.8 Å². The van der Waals surface area contributed by atoms with Crippen molar-refractivity contribution in [2.75, 3.05) is 20.7 Å². The number of rotatable bonds is 5. The van der Waals surface area contributed by atoms with Crippen LogP contribution in [0.25, 0.3) is 11.1 Å². The van der Waals surface area contributed by atoms with Crippen LogP contribution in [-0.4, -0.2) is 81.2 Å². The summed E-state index contributed by atoms with van der Waals surface area (Å²) in [5.74, 6) is -6.91. The van der Waals surface area contributed by atoms with E-state index in [-0.39, 0.29) is 29.7 Å². The van der Waals surface area contributed by atoms with Crippen LogP contribution in [0.2, 0.25) is 0 Å². The van der Waals surface area contributed by atoms with E-state index in [0.29, 0.717) is 23.5 Å². The highest BCUT2D eigenvalue weighted by Crippen LogP contribution is 2.53. The number of aromatic hydroxyl groups is 1. The van der Waals surface area contributed by atoms with Gasteiger partial charge in [-0.2, -0.15) is 0 Å². The summed E-state index contributed by atoms with van der Waals surface area (Å²) in [7, 11) is 3.25. The molecule has 0 saturated heterocycles. The summed E-state index contributed by atoms with van der Waals surface area (Å²) in [4.78, 5) is 41.1. The van der Waals surface area contributed by atoms with E-state index in [9.17, 15) is 34.8 Å². The summed E-state index contributed by atoms with van der Waals surface area (Å²) in [6, 6.07) is 9.54. The number of likely N-dealkylation sites (N-methyl/N-ethyl adjacent to an activating group) is 1. The van der Waals surface area contributed by atoms with Crippen molar-refractivity contribution in [1.29, 1.82) is 0 Å². The van der Waals surface area contributed by atoms with Crippen LogP contribution in [0.1, 0.15) is 29.3 Å². The fourth-order valence-corrected chi connectivity index (χ4v) is 6.80. The van der Waals surface area contributed by atoms with E-state index in [1.807, 2.05) is 31.2 Å². The number of carbonyl (C=O) groups is 3. The molecule has 10 heteroatoms. The van der Waals surface area contributed by atoms with Crippen molar-refractivity contribution in [2.45, 2.75) is 37.5 Å². The van der Waals surface area contributed by atoms with Crippen LogP contribution in [0, 0.1) is 17.8 Å². The molecule has 5 rings (SSSR count). The maximum absolute atomic E-state index is 13.9. The number of nitrogens with two attached hydrogens (primary N) is 1. The Hall–Kier alpha value is -3.73. The van der Waals surface area contributed by atoms with Crippen LogP contribution >= 0.6 is 0 Å². The van der Waals surface area contributed by atoms with Crippen LogP contribution in [-0.2, 0) is 16.0 Å². The number of Topliss-reactive ketones (excluding diaryl/α,β-unsaturated/α-hetero) is 2. The van der Waals surface area contributed by atoms with Crippen LogP contribution in [0.4, 0.5) is 0 Å². The molecule has 0 bridgehead atoms. The van der Waals surface area contributed by atoms with Gasteiger partial charge in [-0.1, -0.05) is 18.2 Å². The Labute approximate surface area is 225 Å². The molecule has 0 radical (unpaired) electrons. The Balaban J connectivity index is 1.69. The van der Waals surface area contributed by atoms with E-state index >= 15 is 0 Å². The molecule has 3 aliphatic rings. The summed E-state index contributed by atoms with van der Waals surface area (Å²) in [6.45, 7) is 2.35. The third-order valence-corrected chi connectivity index (χ3v) is 8.43. The molecule has 10 nitrogen and oxygen atoms in total. The predicted octanol–water partition coefficient (Wildman–Crippen LogP) is 1.35. The molecule has 2 unspecified atom stereocenters. The zero-order chi connectivity index (χ0) is 28.4. The van der Waals surface area contributed by atoms with Gasteiger partial charge in [0.15, 0.2) is 17.2 Å². The molecular formula is C29H32N2O8. The van der Waals surface area contributed by atoms with Gasteiger partial charge in [0.25, 0.3) is 0 Å². The first-order valence-corrected chi connectivity index (χ1v) is 12.9. The number of aliphatic hydroxyl groups excluding tert-OH is 2. The third-order valence-electron chi connectivity index (χ3n) is 8.43. The second-order valence-corrected chi connectivity index (χ2v) is 10.7. The minimum absolute atomic E-state index is 0.0203. The fourth-order valence-electron chi connectivity index (χ4n) is 6.80. The largest absolute Gasteiger partial charge is 0.508 e. The number of hydrogen-bond acceptors (Lipinski definition) is 9. The zero-order valence-corrected chi connectivity index (χ0v) is 21.9. The summed E-state index contributed by atoms with van der Waals surface area (Å²) >= 11 is 0. The van der Waals surface area contributed by atoms with Crippen molar-refractivity contribution >= 4 is 17.5 Å². The van der Waals surface area contributed by atoms with Crippen molar-refractivity contribution < 1.29 is 39.5 Å². The van der Waals surface area contributed by atoms with Gasteiger partial charge in [0, 0.05) is 17.5 Å². The highest BCUT2D eigenvalue weighted by Gasteiger charge is 2.66. The van der Waals surface area contributed by atoms with E-state index in [1.165, 1.54) is 6.07 Å². The first-order valence-electron chi connectivity index (χ1n) is 12.9. The summed E-state index contributed by atoms with van der Waals surface area (Å²) in [5, 5.41) is 44.9. The Morgan fingerprint density at radius 2 is 1.90 bits per heavy atom. The summed E-state index contributed by atoms with van der Waals surface area (Å²) in [6.07, 6.45) is -1.23. The van der Waals surface area contributed by atoms with Gasteiger partial charge >= 0.3 is 0 Å². The quantitative estimate of drug-likeness (QED) is 0.354. The molecule has 0 aromatic heterocycles. The second-order valence-electron chi connectivity index (χ2n) is 10.7.